The van der Waals surface area contributed by atoms with Gasteiger partial charge in [-0.3, -0.25) is 0 Å². The Labute approximate surface area is 93.9 Å². The van der Waals surface area contributed by atoms with E-state index in [9.17, 15) is 8.42 Å². The van der Waals surface area contributed by atoms with Crippen molar-refractivity contribution in [2.24, 2.45) is 5.73 Å². The summed E-state index contributed by atoms with van der Waals surface area (Å²) >= 11 is 0. The fraction of sp³-hybridized carbons (Fsp3) is 1.00. The Hall–Kier alpha value is -0.130. The van der Waals surface area contributed by atoms with Crippen molar-refractivity contribution < 1.29 is 8.42 Å². The van der Waals surface area contributed by atoms with Crippen LogP contribution in [0, 0.1) is 0 Å². The molecule has 0 aliphatic rings. The Morgan fingerprint density at radius 2 is 1.80 bits per heavy atom. The fourth-order valence-corrected chi connectivity index (χ4v) is 3.17. The van der Waals surface area contributed by atoms with E-state index in [0.29, 0.717) is 13.1 Å². The number of nitrogens with zero attached hydrogens (tertiary/aromatic N) is 1. The molecule has 4 nitrogen and oxygen atoms in total. The van der Waals surface area contributed by atoms with Gasteiger partial charge in [0.15, 0.2) is 0 Å². The predicted octanol–water partition coefficient (Wildman–Crippen LogP) is 1.18. The van der Waals surface area contributed by atoms with Gasteiger partial charge in [-0.25, -0.2) is 8.42 Å². The molecule has 92 valence electrons. The van der Waals surface area contributed by atoms with E-state index in [1.807, 2.05) is 20.8 Å². The molecule has 1 atom stereocenters. The molecule has 1 unspecified atom stereocenters. The molecule has 0 aromatic carbocycles. The Morgan fingerprint density at radius 3 is 2.07 bits per heavy atom. The SMILES string of the molecule is CCCN(C(C)(CC)CN)S(=O)(=O)CC. The molecule has 15 heavy (non-hydrogen) atoms. The lowest BCUT2D eigenvalue weighted by atomic mass is 9.99. The van der Waals surface area contributed by atoms with Crippen molar-refractivity contribution in [3.05, 3.63) is 0 Å². The van der Waals surface area contributed by atoms with Crippen molar-refractivity contribution in [2.75, 3.05) is 18.8 Å². The molecule has 0 spiro atoms. The van der Waals surface area contributed by atoms with Crippen LogP contribution in [0.1, 0.15) is 40.5 Å². The number of rotatable bonds is 7. The van der Waals surface area contributed by atoms with Gasteiger partial charge in [-0.1, -0.05) is 13.8 Å². The summed E-state index contributed by atoms with van der Waals surface area (Å²) in [7, 11) is -3.15. The summed E-state index contributed by atoms with van der Waals surface area (Å²) in [5.74, 6) is 0.141. The average molecular weight is 236 g/mol. The molecule has 0 aromatic rings. The first-order chi connectivity index (χ1) is 6.87. The van der Waals surface area contributed by atoms with E-state index in [-0.39, 0.29) is 5.75 Å². The third-order valence-corrected chi connectivity index (χ3v) is 4.96. The van der Waals surface area contributed by atoms with Crippen molar-refractivity contribution in [3.63, 3.8) is 0 Å². The van der Waals surface area contributed by atoms with Crippen molar-refractivity contribution in [1.29, 1.82) is 0 Å². The lowest BCUT2D eigenvalue weighted by molar-refractivity contribution is 0.206. The molecule has 0 radical (unpaired) electrons. The van der Waals surface area contributed by atoms with Crippen molar-refractivity contribution in [1.82, 2.24) is 4.31 Å². The van der Waals surface area contributed by atoms with Crippen LogP contribution in [0.2, 0.25) is 0 Å². The van der Waals surface area contributed by atoms with E-state index in [0.717, 1.165) is 12.8 Å². The molecule has 0 fully saturated rings. The normalized spacial score (nSPS) is 16.7. The topological polar surface area (TPSA) is 63.4 Å². The molecule has 2 N–H and O–H groups in total. The molecular formula is C10H24N2O2S. The smallest absolute Gasteiger partial charge is 0.214 e. The summed E-state index contributed by atoms with van der Waals surface area (Å²) in [5, 5.41) is 0. The molecule has 0 amide bonds. The van der Waals surface area contributed by atoms with Gasteiger partial charge in [0.25, 0.3) is 0 Å². The van der Waals surface area contributed by atoms with Gasteiger partial charge in [-0.05, 0) is 26.7 Å². The maximum atomic E-state index is 11.9. The Kier molecular flexibility index (Phi) is 5.77. The third-order valence-electron chi connectivity index (χ3n) is 2.93. The number of nitrogens with two attached hydrogens (primary N) is 1. The van der Waals surface area contributed by atoms with Gasteiger partial charge in [-0.2, -0.15) is 4.31 Å². The fourth-order valence-electron chi connectivity index (χ4n) is 1.53. The number of hydrogen-bond donors (Lipinski definition) is 1. The zero-order chi connectivity index (χ0) is 12.1. The van der Waals surface area contributed by atoms with Crippen LogP contribution < -0.4 is 5.73 Å². The van der Waals surface area contributed by atoms with Gasteiger partial charge >= 0.3 is 0 Å². The maximum Gasteiger partial charge on any atom is 0.214 e. The monoisotopic (exact) mass is 236 g/mol. The van der Waals surface area contributed by atoms with E-state index < -0.39 is 15.6 Å². The molecule has 0 bridgehead atoms. The second kappa shape index (κ2) is 5.82. The van der Waals surface area contributed by atoms with Crippen LogP contribution >= 0.6 is 0 Å². The largest absolute Gasteiger partial charge is 0.329 e. The molecule has 0 rings (SSSR count). The summed E-state index contributed by atoms with van der Waals surface area (Å²) in [5.41, 5.74) is 5.25. The molecule has 0 aliphatic heterocycles. The summed E-state index contributed by atoms with van der Waals surface area (Å²) < 4.78 is 25.4. The van der Waals surface area contributed by atoms with Crippen LogP contribution in [-0.4, -0.2) is 37.1 Å². The van der Waals surface area contributed by atoms with E-state index >= 15 is 0 Å². The zero-order valence-corrected chi connectivity index (χ0v) is 11.1. The van der Waals surface area contributed by atoms with E-state index in [4.69, 9.17) is 5.73 Å². The molecule has 0 aromatic heterocycles. The summed E-state index contributed by atoms with van der Waals surface area (Å²) in [6.07, 6.45) is 1.55. The Balaban J connectivity index is 5.12. The summed E-state index contributed by atoms with van der Waals surface area (Å²) in [4.78, 5) is 0. The molecule has 0 heterocycles. The first-order valence-corrected chi connectivity index (χ1v) is 7.19. The minimum absolute atomic E-state index is 0.141. The molecule has 0 saturated carbocycles. The van der Waals surface area contributed by atoms with E-state index in [1.165, 1.54) is 0 Å². The first kappa shape index (κ1) is 14.9. The first-order valence-electron chi connectivity index (χ1n) is 5.58. The standard InChI is InChI=1S/C10H24N2O2S/c1-5-8-12(15(13,14)7-3)10(4,6-2)9-11/h5-9,11H2,1-4H3. The van der Waals surface area contributed by atoms with Crippen molar-refractivity contribution >= 4 is 10.0 Å². The summed E-state index contributed by atoms with van der Waals surface area (Å²) in [6.45, 7) is 8.45. The van der Waals surface area contributed by atoms with E-state index in [2.05, 4.69) is 0 Å². The van der Waals surface area contributed by atoms with Gasteiger partial charge in [-0.15, -0.1) is 0 Å². The van der Waals surface area contributed by atoms with Crippen LogP contribution in [0.5, 0.6) is 0 Å². The predicted molar refractivity (Wildman–Crippen MR) is 64.2 cm³/mol. The highest BCUT2D eigenvalue weighted by Gasteiger charge is 2.35. The second-order valence-corrected chi connectivity index (χ2v) is 6.21. The van der Waals surface area contributed by atoms with E-state index in [1.54, 1.807) is 11.2 Å². The highest BCUT2D eigenvalue weighted by atomic mass is 32.2. The van der Waals surface area contributed by atoms with Gasteiger partial charge < -0.3 is 5.73 Å². The quantitative estimate of drug-likeness (QED) is 0.722. The van der Waals surface area contributed by atoms with Gasteiger partial charge in [0.2, 0.25) is 10.0 Å². The van der Waals surface area contributed by atoms with Crippen LogP contribution in [0.4, 0.5) is 0 Å². The Bertz CT molecular complexity index is 271. The maximum absolute atomic E-state index is 11.9. The minimum atomic E-state index is -3.15. The van der Waals surface area contributed by atoms with Crippen LogP contribution in [-0.2, 0) is 10.0 Å². The summed E-state index contributed by atoms with van der Waals surface area (Å²) in [6, 6.07) is 0. The van der Waals surface area contributed by atoms with Crippen LogP contribution in [0.3, 0.4) is 0 Å². The van der Waals surface area contributed by atoms with Gasteiger partial charge in [0.1, 0.15) is 0 Å². The van der Waals surface area contributed by atoms with Gasteiger partial charge in [0.05, 0.1) is 5.75 Å². The number of hydrogen-bond acceptors (Lipinski definition) is 3. The number of sulfonamides is 1. The second-order valence-electron chi connectivity index (χ2n) is 4.03. The van der Waals surface area contributed by atoms with Gasteiger partial charge in [0, 0.05) is 18.6 Å². The molecule has 0 aliphatic carbocycles. The lowest BCUT2D eigenvalue weighted by Gasteiger charge is -2.38. The van der Waals surface area contributed by atoms with Crippen molar-refractivity contribution in [2.45, 2.75) is 46.1 Å². The van der Waals surface area contributed by atoms with Crippen LogP contribution in [0.25, 0.3) is 0 Å². The highest BCUT2D eigenvalue weighted by molar-refractivity contribution is 7.89. The van der Waals surface area contributed by atoms with Crippen molar-refractivity contribution in [3.8, 4) is 0 Å². The Morgan fingerprint density at radius 1 is 1.27 bits per heavy atom. The zero-order valence-electron chi connectivity index (χ0n) is 10.3. The molecular weight excluding hydrogens is 212 g/mol. The minimum Gasteiger partial charge on any atom is -0.329 e. The van der Waals surface area contributed by atoms with Crippen LogP contribution in [0.15, 0.2) is 0 Å². The lowest BCUT2D eigenvalue weighted by Crippen LogP contribution is -2.54. The molecule has 0 saturated heterocycles. The highest BCUT2D eigenvalue weighted by Crippen LogP contribution is 2.22. The third kappa shape index (κ3) is 3.43. The molecule has 5 heteroatoms. The average Bonchev–Trinajstić information content (AvgIpc) is 2.24.